The Labute approximate surface area is 192 Å². The summed E-state index contributed by atoms with van der Waals surface area (Å²) in [4.78, 5) is 18.8. The van der Waals surface area contributed by atoms with Crippen molar-refractivity contribution >= 4 is 16.8 Å². The average molecular weight is 445 g/mol. The lowest BCUT2D eigenvalue weighted by Gasteiger charge is -2.31. The lowest BCUT2D eigenvalue weighted by atomic mass is 9.91. The predicted octanol–water partition coefficient (Wildman–Crippen LogP) is 5.24. The molecule has 0 bridgehead atoms. The number of aromatic amines is 1. The molecule has 1 N–H and O–H groups in total. The molecule has 1 aliphatic heterocycles. The van der Waals surface area contributed by atoms with Gasteiger partial charge in [-0.15, -0.1) is 0 Å². The van der Waals surface area contributed by atoms with Crippen molar-refractivity contribution in [2.45, 2.75) is 32.6 Å². The topological polar surface area (TPSA) is 84.3 Å². The second kappa shape index (κ2) is 9.58. The van der Waals surface area contributed by atoms with Crippen molar-refractivity contribution in [2.24, 2.45) is 5.92 Å². The van der Waals surface area contributed by atoms with Gasteiger partial charge in [0.15, 0.2) is 0 Å². The predicted molar refractivity (Wildman–Crippen MR) is 126 cm³/mol. The maximum atomic E-state index is 11.9. The number of H-pyrrole nitrogens is 1. The number of ether oxygens (including phenoxy) is 1. The van der Waals surface area contributed by atoms with Crippen LogP contribution >= 0.6 is 0 Å². The fourth-order valence-corrected chi connectivity index (χ4v) is 4.50. The summed E-state index contributed by atoms with van der Waals surface area (Å²) in [5.41, 5.74) is 3.87. The van der Waals surface area contributed by atoms with Crippen LogP contribution in [-0.4, -0.2) is 45.5 Å². The van der Waals surface area contributed by atoms with Gasteiger partial charge < -0.3 is 14.1 Å². The smallest absolute Gasteiger partial charge is 0.219 e. The fourth-order valence-electron chi connectivity index (χ4n) is 4.50. The van der Waals surface area contributed by atoms with Crippen LogP contribution in [-0.2, 0) is 11.2 Å². The number of nitrogens with zero attached hydrogens (tertiary/aromatic N) is 3. The summed E-state index contributed by atoms with van der Waals surface area (Å²) in [6, 6.07) is 11.6. The van der Waals surface area contributed by atoms with E-state index in [2.05, 4.69) is 26.1 Å². The van der Waals surface area contributed by atoms with Gasteiger partial charge in [-0.1, -0.05) is 6.92 Å². The van der Waals surface area contributed by atoms with Crippen LogP contribution in [0, 0.1) is 5.92 Å². The highest BCUT2D eigenvalue weighted by molar-refractivity contribution is 5.82. The maximum absolute atomic E-state index is 11.9. The number of carbonyl (C=O) groups excluding carboxylic acids is 1. The minimum absolute atomic E-state index is 0.260. The molecular formula is C26H28N4O3. The largest absolute Gasteiger partial charge is 0.464 e. The van der Waals surface area contributed by atoms with Crippen molar-refractivity contribution in [3.8, 4) is 22.9 Å². The first kappa shape index (κ1) is 21.4. The Morgan fingerprint density at radius 2 is 2.09 bits per heavy atom. The van der Waals surface area contributed by atoms with E-state index in [0.29, 0.717) is 23.8 Å². The minimum atomic E-state index is 0.260. The number of ketones is 1. The maximum Gasteiger partial charge on any atom is 0.219 e. The van der Waals surface area contributed by atoms with E-state index in [-0.39, 0.29) is 5.92 Å². The first-order chi connectivity index (χ1) is 16.2. The van der Waals surface area contributed by atoms with Crippen LogP contribution < -0.4 is 4.74 Å². The number of fused-ring (bicyclic) bond motifs is 1. The summed E-state index contributed by atoms with van der Waals surface area (Å²) in [6.45, 7) is 4.93. The molecule has 0 spiro atoms. The van der Waals surface area contributed by atoms with E-state index in [0.717, 1.165) is 61.1 Å². The van der Waals surface area contributed by atoms with E-state index in [1.807, 2.05) is 43.5 Å². The van der Waals surface area contributed by atoms with Crippen LogP contribution in [0.4, 0.5) is 0 Å². The monoisotopic (exact) mass is 444 g/mol. The molecule has 0 saturated carbocycles. The summed E-state index contributed by atoms with van der Waals surface area (Å²) in [6.07, 6.45) is 8.86. The van der Waals surface area contributed by atoms with Gasteiger partial charge in [-0.25, -0.2) is 4.98 Å². The van der Waals surface area contributed by atoms with Crippen LogP contribution in [0.3, 0.4) is 0 Å². The number of pyridine rings is 1. The van der Waals surface area contributed by atoms with E-state index in [1.165, 1.54) is 5.56 Å². The fraction of sp³-hybridized carbons (Fsp3) is 0.346. The number of hydrogen-bond acceptors (Lipinski definition) is 6. The molecule has 0 aliphatic carbocycles. The Hall–Kier alpha value is -3.45. The third kappa shape index (κ3) is 4.83. The molecule has 33 heavy (non-hydrogen) atoms. The van der Waals surface area contributed by atoms with Gasteiger partial charge in [0.05, 0.1) is 12.0 Å². The van der Waals surface area contributed by atoms with E-state index in [9.17, 15) is 4.79 Å². The van der Waals surface area contributed by atoms with Crippen LogP contribution in [0.2, 0.25) is 0 Å². The van der Waals surface area contributed by atoms with Gasteiger partial charge in [0.25, 0.3) is 0 Å². The molecule has 1 fully saturated rings. The van der Waals surface area contributed by atoms with Crippen molar-refractivity contribution in [2.75, 3.05) is 19.6 Å². The number of aromatic nitrogens is 3. The normalized spacial score (nSPS) is 15.2. The number of piperidine rings is 1. The van der Waals surface area contributed by atoms with Crippen LogP contribution in [0.5, 0.6) is 11.6 Å². The zero-order valence-corrected chi connectivity index (χ0v) is 18.8. The Kier molecular flexibility index (Phi) is 6.21. The van der Waals surface area contributed by atoms with Crippen molar-refractivity contribution < 1.29 is 13.9 Å². The van der Waals surface area contributed by atoms with Crippen LogP contribution in [0.15, 0.2) is 59.5 Å². The second-order valence-corrected chi connectivity index (χ2v) is 8.56. The summed E-state index contributed by atoms with van der Waals surface area (Å²) >= 11 is 0. The third-order valence-electron chi connectivity index (χ3n) is 6.49. The van der Waals surface area contributed by atoms with E-state index >= 15 is 0 Å². The first-order valence-electron chi connectivity index (χ1n) is 11.6. The number of hydrogen-bond donors (Lipinski definition) is 1. The molecule has 7 nitrogen and oxygen atoms in total. The van der Waals surface area contributed by atoms with Gasteiger partial charge >= 0.3 is 0 Å². The molecule has 4 aromatic rings. The molecule has 0 radical (unpaired) electrons. The Morgan fingerprint density at radius 1 is 1.21 bits per heavy atom. The number of benzene rings is 1. The van der Waals surface area contributed by atoms with Crippen molar-refractivity contribution in [3.05, 3.63) is 60.6 Å². The first-order valence-corrected chi connectivity index (χ1v) is 11.6. The molecule has 0 atom stereocenters. The number of Topliss-reactive ketones (excluding diaryl/α,β-unsaturated/α-hetero) is 1. The lowest BCUT2D eigenvalue weighted by Crippen LogP contribution is -2.37. The Balaban J connectivity index is 1.19. The molecule has 7 heteroatoms. The van der Waals surface area contributed by atoms with E-state index in [4.69, 9.17) is 9.15 Å². The van der Waals surface area contributed by atoms with Crippen LogP contribution in [0.25, 0.3) is 22.2 Å². The standard InChI is InChI=1S/C26H28N4O3/c1-2-24(31)18-8-12-30(13-9-18)14-10-20-17-32-25-15-21(4-5-22(20)25)33-26-6-3-19(16-27-26)23-7-11-28-29-23/h3-7,11,15-18H,2,8-10,12-14H2,1H3,(H,28,29). The zero-order valence-electron chi connectivity index (χ0n) is 18.8. The SMILES string of the molecule is CCC(=O)C1CCN(CCc2coc3cc(Oc4ccc(-c5ccn[nH]5)cn4)ccc23)CC1. The highest BCUT2D eigenvalue weighted by Gasteiger charge is 2.23. The number of nitrogens with one attached hydrogen (secondary N) is 1. The quantitative estimate of drug-likeness (QED) is 0.400. The van der Waals surface area contributed by atoms with Crippen LogP contribution in [0.1, 0.15) is 31.7 Å². The summed E-state index contributed by atoms with van der Waals surface area (Å²) in [5, 5.41) is 8.00. The molecule has 1 saturated heterocycles. The van der Waals surface area contributed by atoms with Crippen molar-refractivity contribution in [3.63, 3.8) is 0 Å². The van der Waals surface area contributed by atoms with Crippen molar-refractivity contribution in [1.29, 1.82) is 0 Å². The Morgan fingerprint density at radius 3 is 2.82 bits per heavy atom. The second-order valence-electron chi connectivity index (χ2n) is 8.56. The zero-order chi connectivity index (χ0) is 22.6. The average Bonchev–Trinajstić information content (AvgIpc) is 3.53. The summed E-state index contributed by atoms with van der Waals surface area (Å²) < 4.78 is 11.8. The number of rotatable bonds is 8. The molecule has 1 aromatic carbocycles. The van der Waals surface area contributed by atoms with Gasteiger partial charge in [0, 0.05) is 54.4 Å². The Bertz CT molecular complexity index is 1210. The number of furan rings is 1. The van der Waals surface area contributed by atoms with Gasteiger partial charge in [-0.05, 0) is 62.2 Å². The van der Waals surface area contributed by atoms with Crippen molar-refractivity contribution in [1.82, 2.24) is 20.1 Å². The highest BCUT2D eigenvalue weighted by atomic mass is 16.5. The number of carbonyl (C=O) groups is 1. The van der Waals surface area contributed by atoms with Gasteiger partial charge in [0.2, 0.25) is 5.88 Å². The molecule has 5 rings (SSSR count). The summed E-state index contributed by atoms with van der Waals surface area (Å²) in [7, 11) is 0. The van der Waals surface area contributed by atoms with E-state index < -0.39 is 0 Å². The molecule has 4 heterocycles. The van der Waals surface area contributed by atoms with E-state index in [1.54, 1.807) is 12.4 Å². The molecule has 0 unspecified atom stereocenters. The molecular weight excluding hydrogens is 416 g/mol. The molecule has 0 amide bonds. The van der Waals surface area contributed by atoms with Gasteiger partial charge in [-0.2, -0.15) is 5.10 Å². The van der Waals surface area contributed by atoms with Gasteiger partial charge in [0.1, 0.15) is 17.1 Å². The number of likely N-dealkylation sites (tertiary alicyclic amines) is 1. The third-order valence-corrected chi connectivity index (χ3v) is 6.49. The lowest BCUT2D eigenvalue weighted by molar-refractivity contribution is -0.123. The summed E-state index contributed by atoms with van der Waals surface area (Å²) in [5.74, 6) is 1.88. The molecule has 170 valence electrons. The minimum Gasteiger partial charge on any atom is -0.464 e. The molecule has 1 aliphatic rings. The highest BCUT2D eigenvalue weighted by Crippen LogP contribution is 2.29. The molecule has 3 aromatic heterocycles. The van der Waals surface area contributed by atoms with Gasteiger partial charge in [-0.3, -0.25) is 9.89 Å².